The number of hydrogen-bond acceptors (Lipinski definition) is 0. The summed E-state index contributed by atoms with van der Waals surface area (Å²) < 4.78 is 0.986. The van der Waals surface area contributed by atoms with Crippen LogP contribution < -0.4 is 13.6 Å². The van der Waals surface area contributed by atoms with Crippen molar-refractivity contribution >= 4 is 52.3 Å². The van der Waals surface area contributed by atoms with E-state index in [9.17, 15) is 17.0 Å². The van der Waals surface area contributed by atoms with Gasteiger partial charge in [0.2, 0.25) is 0 Å². The molecule has 0 saturated heterocycles. The van der Waals surface area contributed by atoms with Gasteiger partial charge in [0.25, 0.3) is 0 Å². The van der Waals surface area contributed by atoms with Gasteiger partial charge in [-0.15, -0.1) is 0 Å². The number of hydrogen-bond donors (Lipinski definition) is 0. The third-order valence-corrected chi connectivity index (χ3v) is 39.3. The third kappa shape index (κ3) is 8.03. The summed E-state index contributed by atoms with van der Waals surface area (Å²) >= 11 is -5.72. The average molecular weight is 1030 g/mol. The Kier molecular flexibility index (Phi) is 12.6. The Bertz CT molecular complexity index is 2880. The number of rotatable bonds is 9. The van der Waals surface area contributed by atoms with Gasteiger partial charge in [-0.3, -0.25) is 0 Å². The van der Waals surface area contributed by atoms with Gasteiger partial charge in [0.1, 0.15) is 0 Å². The number of benzene rings is 6. The minimum absolute atomic E-state index is 0.0964. The third-order valence-electron chi connectivity index (χ3n) is 16.1. The van der Waals surface area contributed by atoms with Gasteiger partial charge in [-0.05, 0) is 0 Å². The Hall–Kier alpha value is -3.52. The SMILES string of the molecule is CC1=Cc2c(ccc(C(C)(C)C)c2-c2cc(C(C)C)cc(C(C)C)c2)[CH]1[Zr]([Cl])([Cl])([c]1cccc2c1[SiH2]c1ccccc1-2)[CH]1C(C)=Cc2c1ccc(C(C)(C)C)c2-c1cc(C(C)C)cc(C(C)C)c1. The topological polar surface area (TPSA) is 0 Å². The van der Waals surface area contributed by atoms with E-state index >= 15 is 0 Å². The molecule has 2 atom stereocenters. The van der Waals surface area contributed by atoms with Crippen LogP contribution in [0.2, 0.25) is 0 Å². The Morgan fingerprint density at radius 3 is 1.28 bits per heavy atom. The van der Waals surface area contributed by atoms with E-state index in [0.717, 1.165) is 0 Å². The van der Waals surface area contributed by atoms with Crippen LogP contribution in [0.15, 0.2) is 114 Å². The fourth-order valence-electron chi connectivity index (χ4n) is 12.5. The van der Waals surface area contributed by atoms with Crippen molar-refractivity contribution in [2.45, 2.75) is 153 Å². The molecule has 2 unspecified atom stereocenters. The van der Waals surface area contributed by atoms with E-state index in [4.69, 9.17) is 0 Å². The van der Waals surface area contributed by atoms with Gasteiger partial charge in [-0.2, -0.15) is 0 Å². The molecule has 0 aromatic heterocycles. The van der Waals surface area contributed by atoms with E-state index < -0.39 is 25.9 Å². The average Bonchev–Trinajstić information content (AvgIpc) is 3.94. The van der Waals surface area contributed by atoms with Crippen LogP contribution in [0.4, 0.5) is 0 Å². The quantitative estimate of drug-likeness (QED) is 0.126. The van der Waals surface area contributed by atoms with Crippen molar-refractivity contribution in [1.82, 2.24) is 0 Å². The van der Waals surface area contributed by atoms with Crippen LogP contribution in [0.25, 0.3) is 45.5 Å². The first-order chi connectivity index (χ1) is 31.8. The van der Waals surface area contributed by atoms with Crippen molar-refractivity contribution in [2.24, 2.45) is 0 Å². The molecular weight excluding hydrogens is 959 g/mol. The molecule has 2 aliphatic carbocycles. The standard InChI is InChI=1S/2C26H33.C12H9Si.2ClH.Zr/c2*1-16(2)20-13-21(17(3)4)15-22(14-20)25-23-12-18(5)11-19(23)9-10-24(25)26(6,7)8;1-3-7-11-9(5-1)10-6-2-4-8-12(10)13-11;;;/h2*9-17H,1-8H3;1-7H,13H2;2*1H;/q;;;;;+2/p-2. The molecule has 0 N–H and O–H groups in total. The first-order valence-corrected chi connectivity index (χ1v) is 37.4. The molecule has 0 nitrogen and oxygen atoms in total. The summed E-state index contributed by atoms with van der Waals surface area (Å²) in [6.45, 7) is 37.5. The second-order valence-corrected chi connectivity index (χ2v) is 46.8. The Labute approximate surface area is 421 Å². The monoisotopic (exact) mass is 1030 g/mol. The van der Waals surface area contributed by atoms with E-state index in [1.165, 1.54) is 114 Å². The molecule has 0 spiro atoms. The molecule has 1 heterocycles. The van der Waals surface area contributed by atoms with Crippen molar-refractivity contribution in [2.75, 3.05) is 0 Å². The first kappa shape index (κ1) is 49.5. The molecule has 0 amide bonds. The Balaban J connectivity index is 1.38. The molecule has 6 aromatic carbocycles. The molecule has 68 heavy (non-hydrogen) atoms. The van der Waals surface area contributed by atoms with Gasteiger partial charge in [0.15, 0.2) is 0 Å². The van der Waals surface area contributed by atoms with Crippen LogP contribution in [0.3, 0.4) is 0 Å². The van der Waals surface area contributed by atoms with Gasteiger partial charge in [-0.25, -0.2) is 0 Å². The van der Waals surface area contributed by atoms with Crippen LogP contribution in [-0.4, -0.2) is 9.52 Å². The molecule has 9 rings (SSSR count). The van der Waals surface area contributed by atoms with Gasteiger partial charge >= 0.3 is 425 Å². The fraction of sp³-hybridized carbons (Fsp3) is 0.375. The van der Waals surface area contributed by atoms with Crippen molar-refractivity contribution in [3.63, 3.8) is 0 Å². The predicted octanol–water partition coefficient (Wildman–Crippen LogP) is 17.1. The van der Waals surface area contributed by atoms with Crippen LogP contribution >= 0.6 is 17.0 Å². The van der Waals surface area contributed by atoms with Crippen LogP contribution in [0.5, 0.6) is 0 Å². The molecule has 0 radical (unpaired) electrons. The number of fused-ring (bicyclic) bond motifs is 5. The van der Waals surface area contributed by atoms with Gasteiger partial charge in [0, 0.05) is 0 Å². The molecule has 4 heteroatoms. The van der Waals surface area contributed by atoms with Crippen molar-refractivity contribution in [3.05, 3.63) is 170 Å². The molecule has 6 aromatic rings. The van der Waals surface area contributed by atoms with E-state index in [1.54, 1.807) is 0 Å². The molecule has 0 bridgehead atoms. The molecule has 353 valence electrons. The zero-order valence-corrected chi connectivity index (χ0v) is 49.3. The van der Waals surface area contributed by atoms with Gasteiger partial charge in [0.05, 0.1) is 0 Å². The second kappa shape index (κ2) is 17.4. The summed E-state index contributed by atoms with van der Waals surface area (Å²) in [6, 6.07) is 40.7. The minimum atomic E-state index is -5.72. The van der Waals surface area contributed by atoms with Gasteiger partial charge in [-0.1, -0.05) is 0 Å². The normalized spacial score (nSPS) is 17.7. The van der Waals surface area contributed by atoms with Crippen LogP contribution in [0, 0.1) is 0 Å². The zero-order valence-electron chi connectivity index (χ0n) is 43.9. The van der Waals surface area contributed by atoms with E-state index in [1.807, 2.05) is 0 Å². The molecule has 3 aliphatic rings. The Morgan fingerprint density at radius 2 is 0.882 bits per heavy atom. The summed E-state index contributed by atoms with van der Waals surface area (Å²) in [4.78, 5) is 0. The molecule has 1 aliphatic heterocycles. The number of halogens is 2. The zero-order chi connectivity index (χ0) is 49.2. The van der Waals surface area contributed by atoms with E-state index in [2.05, 4.69) is 226 Å². The summed E-state index contributed by atoms with van der Waals surface area (Å²) in [6.07, 6.45) is 5.03. The van der Waals surface area contributed by atoms with Crippen molar-refractivity contribution in [1.29, 1.82) is 0 Å². The summed E-state index contributed by atoms with van der Waals surface area (Å²) in [5.74, 6) is 1.63. The molecular formula is C64H75Cl2SiZr. The maximum atomic E-state index is 9.44. The summed E-state index contributed by atoms with van der Waals surface area (Å²) in [7, 11) is 18.0. The second-order valence-electron chi connectivity index (χ2n) is 24.3. The van der Waals surface area contributed by atoms with Crippen molar-refractivity contribution in [3.8, 4) is 33.4 Å². The van der Waals surface area contributed by atoms with Crippen molar-refractivity contribution < 1.29 is 16.4 Å². The van der Waals surface area contributed by atoms with Crippen LogP contribution in [0.1, 0.15) is 197 Å². The van der Waals surface area contributed by atoms with Crippen LogP contribution in [-0.2, 0) is 27.2 Å². The predicted molar refractivity (Wildman–Crippen MR) is 301 cm³/mol. The molecule has 0 fully saturated rings. The fourth-order valence-corrected chi connectivity index (χ4v) is 41.3. The van der Waals surface area contributed by atoms with E-state index in [0.29, 0.717) is 23.7 Å². The van der Waals surface area contributed by atoms with Gasteiger partial charge < -0.3 is 0 Å². The molecule has 0 saturated carbocycles. The summed E-state index contributed by atoms with van der Waals surface area (Å²) in [5.41, 5.74) is 23.9. The maximum absolute atomic E-state index is 9.44. The first-order valence-electron chi connectivity index (χ1n) is 25.6. The summed E-state index contributed by atoms with van der Waals surface area (Å²) in [5, 5.41) is 2.95. The van der Waals surface area contributed by atoms with E-state index in [-0.39, 0.29) is 18.1 Å². The number of allylic oxidation sites excluding steroid dienone is 2. The Morgan fingerprint density at radius 1 is 0.485 bits per heavy atom.